The van der Waals surface area contributed by atoms with E-state index in [0.717, 1.165) is 18.9 Å². The van der Waals surface area contributed by atoms with E-state index in [9.17, 15) is 13.6 Å². The zero-order valence-electron chi connectivity index (χ0n) is 12.9. The Morgan fingerprint density at radius 3 is 2.71 bits per heavy atom. The van der Waals surface area contributed by atoms with Crippen molar-refractivity contribution in [1.29, 1.82) is 0 Å². The van der Waals surface area contributed by atoms with Gasteiger partial charge in [-0.25, -0.2) is 8.78 Å². The Morgan fingerprint density at radius 1 is 1.17 bits per heavy atom. The highest BCUT2D eigenvalue weighted by atomic mass is 35.5. The molecule has 0 radical (unpaired) electrons. The minimum absolute atomic E-state index is 0.0171. The van der Waals surface area contributed by atoms with Crippen molar-refractivity contribution in [2.45, 2.75) is 31.3 Å². The maximum absolute atomic E-state index is 14.8. The summed E-state index contributed by atoms with van der Waals surface area (Å²) in [6.45, 7) is 0. The lowest BCUT2D eigenvalue weighted by molar-refractivity contribution is -0.120. The number of piperidine rings is 1. The topological polar surface area (TPSA) is 29.1 Å². The summed E-state index contributed by atoms with van der Waals surface area (Å²) in [4.78, 5) is 12.4. The zero-order valence-corrected chi connectivity index (χ0v) is 13.6. The zero-order chi connectivity index (χ0) is 16.8. The number of benzene rings is 2. The van der Waals surface area contributed by atoms with E-state index in [-0.39, 0.29) is 28.8 Å². The number of hydrogen-bond acceptors (Lipinski definition) is 2. The summed E-state index contributed by atoms with van der Waals surface area (Å²) in [6, 6.07) is 9.07. The van der Waals surface area contributed by atoms with Crippen molar-refractivity contribution in [2.75, 3.05) is 0 Å². The van der Waals surface area contributed by atoms with E-state index in [2.05, 4.69) is 5.32 Å². The lowest BCUT2D eigenvalue weighted by Gasteiger charge is -2.14. The fourth-order valence-electron chi connectivity index (χ4n) is 3.51. The molecule has 24 heavy (non-hydrogen) atoms. The predicted octanol–water partition coefficient (Wildman–Crippen LogP) is 4.15. The second-order valence-corrected chi connectivity index (χ2v) is 7.01. The third-order valence-electron chi connectivity index (χ3n) is 4.93. The van der Waals surface area contributed by atoms with Crippen LogP contribution in [0.1, 0.15) is 18.4 Å². The van der Waals surface area contributed by atoms with Crippen LogP contribution in [-0.4, -0.2) is 17.9 Å². The molecule has 0 amide bonds. The first-order valence-electron chi connectivity index (χ1n) is 8.04. The van der Waals surface area contributed by atoms with Crippen LogP contribution >= 0.6 is 11.6 Å². The Bertz CT molecular complexity index is 813. The average Bonchev–Trinajstić information content (AvgIpc) is 3.16. The van der Waals surface area contributed by atoms with E-state index in [1.54, 1.807) is 18.2 Å². The molecule has 3 atom stereocenters. The van der Waals surface area contributed by atoms with Crippen LogP contribution in [0, 0.1) is 17.6 Å². The van der Waals surface area contributed by atoms with Crippen molar-refractivity contribution in [2.24, 2.45) is 5.92 Å². The molecular formula is C19H16ClF2NO. The molecule has 0 aromatic heterocycles. The molecule has 2 aromatic carbocycles. The van der Waals surface area contributed by atoms with E-state index in [1.807, 2.05) is 0 Å². The van der Waals surface area contributed by atoms with Crippen LogP contribution < -0.4 is 5.32 Å². The molecule has 5 heteroatoms. The predicted molar refractivity (Wildman–Crippen MR) is 89.0 cm³/mol. The van der Waals surface area contributed by atoms with E-state index in [1.165, 1.54) is 12.1 Å². The molecule has 2 aromatic rings. The summed E-state index contributed by atoms with van der Waals surface area (Å²) in [5.41, 5.74) is 1.05. The van der Waals surface area contributed by atoms with Crippen LogP contribution in [0.4, 0.5) is 8.78 Å². The van der Waals surface area contributed by atoms with Gasteiger partial charge in [-0.2, -0.15) is 0 Å². The average molecular weight is 348 g/mol. The van der Waals surface area contributed by atoms with Crippen LogP contribution in [0.5, 0.6) is 0 Å². The van der Waals surface area contributed by atoms with Crippen molar-refractivity contribution in [1.82, 2.24) is 5.32 Å². The van der Waals surface area contributed by atoms with Crippen molar-refractivity contribution in [3.8, 4) is 11.1 Å². The summed E-state index contributed by atoms with van der Waals surface area (Å²) >= 11 is 6.03. The number of carbonyl (C=O) groups excluding carboxylic acids is 1. The fraction of sp³-hybridized carbons (Fsp3) is 0.316. The van der Waals surface area contributed by atoms with Gasteiger partial charge in [0.25, 0.3) is 0 Å². The van der Waals surface area contributed by atoms with Crippen molar-refractivity contribution in [3.05, 3.63) is 58.6 Å². The van der Waals surface area contributed by atoms with Gasteiger partial charge in [-0.3, -0.25) is 4.79 Å². The maximum atomic E-state index is 14.8. The highest BCUT2D eigenvalue weighted by molar-refractivity contribution is 6.33. The molecule has 0 spiro atoms. The van der Waals surface area contributed by atoms with Gasteiger partial charge in [-0.15, -0.1) is 0 Å². The van der Waals surface area contributed by atoms with Crippen LogP contribution in [0.2, 0.25) is 5.02 Å². The molecule has 2 fully saturated rings. The SMILES string of the molecule is O=C(Cc1cccc(-c2ccc(F)cc2Cl)c1F)[C@@H]1C[C@H]2C[C@H]2N1. The monoisotopic (exact) mass is 347 g/mol. The lowest BCUT2D eigenvalue weighted by Crippen LogP contribution is -2.35. The molecular weight excluding hydrogens is 332 g/mol. The van der Waals surface area contributed by atoms with Crippen LogP contribution in [0.25, 0.3) is 11.1 Å². The van der Waals surface area contributed by atoms with E-state index >= 15 is 0 Å². The number of Topliss-reactive ketones (excluding diaryl/α,β-unsaturated/α-hetero) is 1. The number of nitrogens with one attached hydrogen (secondary N) is 1. The first-order valence-corrected chi connectivity index (χ1v) is 8.42. The molecule has 1 heterocycles. The Kier molecular flexibility index (Phi) is 3.89. The fourth-order valence-corrected chi connectivity index (χ4v) is 3.78. The number of rotatable bonds is 4. The van der Waals surface area contributed by atoms with Gasteiger partial charge < -0.3 is 5.32 Å². The molecule has 1 aliphatic heterocycles. The molecule has 1 N–H and O–H groups in total. The van der Waals surface area contributed by atoms with E-state index in [0.29, 0.717) is 23.1 Å². The summed E-state index contributed by atoms with van der Waals surface area (Å²) in [6.07, 6.45) is 2.06. The molecule has 2 aliphatic rings. The van der Waals surface area contributed by atoms with Gasteiger partial charge in [0.05, 0.1) is 11.1 Å². The normalized spacial score (nSPS) is 24.7. The van der Waals surface area contributed by atoms with Crippen molar-refractivity contribution in [3.63, 3.8) is 0 Å². The van der Waals surface area contributed by atoms with Gasteiger partial charge >= 0.3 is 0 Å². The smallest absolute Gasteiger partial charge is 0.154 e. The minimum Gasteiger partial charge on any atom is -0.304 e. The second-order valence-electron chi connectivity index (χ2n) is 6.60. The number of carbonyl (C=O) groups is 1. The van der Waals surface area contributed by atoms with Gasteiger partial charge in [0.1, 0.15) is 11.6 Å². The first kappa shape index (κ1) is 15.7. The Labute approximate surface area is 143 Å². The van der Waals surface area contributed by atoms with Crippen LogP contribution in [0.3, 0.4) is 0 Å². The molecule has 1 saturated carbocycles. The third kappa shape index (κ3) is 2.85. The highest BCUT2D eigenvalue weighted by Crippen LogP contribution is 2.41. The largest absolute Gasteiger partial charge is 0.304 e. The van der Waals surface area contributed by atoms with Crippen LogP contribution in [0.15, 0.2) is 36.4 Å². The second kappa shape index (κ2) is 5.94. The van der Waals surface area contributed by atoms with Gasteiger partial charge in [0.15, 0.2) is 5.78 Å². The molecule has 2 nitrogen and oxygen atoms in total. The summed E-state index contributed by atoms with van der Waals surface area (Å²) in [5.74, 6) is -0.305. The highest BCUT2D eigenvalue weighted by Gasteiger charge is 2.47. The number of ketones is 1. The van der Waals surface area contributed by atoms with Gasteiger partial charge in [-0.05, 0) is 42.5 Å². The summed E-state index contributed by atoms with van der Waals surface area (Å²) < 4.78 is 28.0. The quantitative estimate of drug-likeness (QED) is 0.900. The van der Waals surface area contributed by atoms with Crippen LogP contribution in [-0.2, 0) is 11.2 Å². The number of halogens is 3. The van der Waals surface area contributed by atoms with E-state index in [4.69, 9.17) is 11.6 Å². The summed E-state index contributed by atoms with van der Waals surface area (Å²) in [5, 5.41) is 3.44. The first-order chi connectivity index (χ1) is 11.5. The number of fused-ring (bicyclic) bond motifs is 1. The van der Waals surface area contributed by atoms with Gasteiger partial charge in [0.2, 0.25) is 0 Å². The van der Waals surface area contributed by atoms with Gasteiger partial charge in [-0.1, -0.05) is 29.8 Å². The molecule has 124 valence electrons. The van der Waals surface area contributed by atoms with Crippen molar-refractivity contribution >= 4 is 17.4 Å². The molecule has 0 unspecified atom stereocenters. The van der Waals surface area contributed by atoms with E-state index < -0.39 is 11.6 Å². The maximum Gasteiger partial charge on any atom is 0.154 e. The Balaban J connectivity index is 1.59. The standard InChI is InChI=1S/C19H16ClF2NO/c20-15-9-12(21)4-5-13(15)14-3-1-2-10(19(14)22)8-18(24)17-7-11-6-16(11)23-17/h1-5,9,11,16-17,23H,6-8H2/t11-,16-,17+/m1/s1. The van der Waals surface area contributed by atoms with Gasteiger partial charge in [0, 0.05) is 23.6 Å². The lowest BCUT2D eigenvalue weighted by atomic mass is 9.96. The summed E-state index contributed by atoms with van der Waals surface area (Å²) in [7, 11) is 0. The Hall–Kier alpha value is -1.78. The number of hydrogen-bond donors (Lipinski definition) is 1. The molecule has 1 aliphatic carbocycles. The Morgan fingerprint density at radius 2 is 2.00 bits per heavy atom. The van der Waals surface area contributed by atoms with Crippen molar-refractivity contribution < 1.29 is 13.6 Å². The molecule has 1 saturated heterocycles. The third-order valence-corrected chi connectivity index (χ3v) is 5.24. The molecule has 4 rings (SSSR count). The minimum atomic E-state index is -0.471. The molecule has 0 bridgehead atoms.